The van der Waals surface area contributed by atoms with E-state index in [0.717, 1.165) is 16.9 Å². The van der Waals surface area contributed by atoms with Crippen molar-refractivity contribution in [1.29, 1.82) is 0 Å². The summed E-state index contributed by atoms with van der Waals surface area (Å²) in [7, 11) is 1.61. The van der Waals surface area contributed by atoms with E-state index in [9.17, 15) is 4.79 Å². The second-order valence-corrected chi connectivity index (χ2v) is 5.54. The molecule has 0 bridgehead atoms. The van der Waals surface area contributed by atoms with Crippen LogP contribution in [0.1, 0.15) is 31.4 Å². The van der Waals surface area contributed by atoms with Gasteiger partial charge in [0.2, 0.25) is 0 Å². The zero-order valence-electron chi connectivity index (χ0n) is 11.2. The quantitative estimate of drug-likeness (QED) is 0.887. The molecule has 0 unspecified atom stereocenters. The Bertz CT molecular complexity index is 453. The van der Waals surface area contributed by atoms with Gasteiger partial charge < -0.3 is 9.84 Å². The van der Waals surface area contributed by atoms with Gasteiger partial charge in [0.1, 0.15) is 5.75 Å². The van der Waals surface area contributed by atoms with Crippen LogP contribution in [0.25, 0.3) is 0 Å². The Hall–Kier alpha value is -1.22. The summed E-state index contributed by atoms with van der Waals surface area (Å²) in [4.78, 5) is 11.1. The molecule has 0 atom stereocenters. The Balaban J connectivity index is 2.94. The molecule has 0 saturated heterocycles. The summed E-state index contributed by atoms with van der Waals surface area (Å²) in [6.45, 7) is 5.37. The van der Waals surface area contributed by atoms with Crippen LogP contribution in [0.5, 0.6) is 5.75 Å². The third kappa shape index (κ3) is 3.39. The molecule has 0 amide bonds. The standard InChI is InChI=1S/C14H19ClO3/c1-9-7-11(15)8-10(12(9)18-4)5-6-14(2,3)13(16)17/h7-8H,5-6H2,1-4H3,(H,16,17). The van der Waals surface area contributed by atoms with E-state index in [-0.39, 0.29) is 0 Å². The average Bonchev–Trinajstić information content (AvgIpc) is 2.25. The maximum absolute atomic E-state index is 11.1. The normalized spacial score (nSPS) is 11.4. The molecule has 0 radical (unpaired) electrons. The minimum absolute atomic E-state index is 0.540. The molecular formula is C14H19ClO3. The molecular weight excluding hydrogens is 252 g/mol. The van der Waals surface area contributed by atoms with Crippen LogP contribution < -0.4 is 4.74 Å². The first-order valence-electron chi connectivity index (χ1n) is 5.84. The summed E-state index contributed by atoms with van der Waals surface area (Å²) < 4.78 is 5.35. The lowest BCUT2D eigenvalue weighted by molar-refractivity contribution is -0.147. The molecule has 100 valence electrons. The van der Waals surface area contributed by atoms with Crippen molar-refractivity contribution in [3.63, 3.8) is 0 Å². The van der Waals surface area contributed by atoms with Crippen molar-refractivity contribution in [1.82, 2.24) is 0 Å². The fourth-order valence-corrected chi connectivity index (χ4v) is 2.13. The third-order valence-corrected chi connectivity index (χ3v) is 3.34. The van der Waals surface area contributed by atoms with E-state index in [4.69, 9.17) is 21.4 Å². The van der Waals surface area contributed by atoms with Crippen molar-refractivity contribution < 1.29 is 14.6 Å². The number of carboxylic acids is 1. The van der Waals surface area contributed by atoms with Crippen molar-refractivity contribution in [2.75, 3.05) is 7.11 Å². The molecule has 0 aliphatic rings. The van der Waals surface area contributed by atoms with Crippen LogP contribution in [0.15, 0.2) is 12.1 Å². The summed E-state index contributed by atoms with van der Waals surface area (Å²) >= 11 is 6.02. The molecule has 4 heteroatoms. The first-order chi connectivity index (χ1) is 8.27. The predicted molar refractivity (Wildman–Crippen MR) is 72.5 cm³/mol. The van der Waals surface area contributed by atoms with E-state index in [0.29, 0.717) is 17.9 Å². The predicted octanol–water partition coefficient (Wildman–Crippen LogP) is 3.70. The van der Waals surface area contributed by atoms with Gasteiger partial charge in [-0.2, -0.15) is 0 Å². The number of carboxylic acid groups (broad SMARTS) is 1. The smallest absolute Gasteiger partial charge is 0.309 e. The topological polar surface area (TPSA) is 46.5 Å². The van der Waals surface area contributed by atoms with E-state index in [1.807, 2.05) is 19.1 Å². The lowest BCUT2D eigenvalue weighted by Crippen LogP contribution is -2.24. The van der Waals surface area contributed by atoms with Gasteiger partial charge in [-0.1, -0.05) is 11.6 Å². The van der Waals surface area contributed by atoms with Gasteiger partial charge in [0.15, 0.2) is 0 Å². The number of ether oxygens (including phenoxy) is 1. The molecule has 1 aromatic carbocycles. The summed E-state index contributed by atoms with van der Waals surface area (Å²) in [5.74, 6) is 0.000746. The highest BCUT2D eigenvalue weighted by Crippen LogP contribution is 2.31. The number of hydrogen-bond donors (Lipinski definition) is 1. The number of benzene rings is 1. The van der Waals surface area contributed by atoms with Gasteiger partial charge in [-0.05, 0) is 56.9 Å². The van der Waals surface area contributed by atoms with Gasteiger partial charge in [0.05, 0.1) is 12.5 Å². The Morgan fingerprint density at radius 1 is 1.44 bits per heavy atom. The molecule has 0 aliphatic heterocycles. The van der Waals surface area contributed by atoms with E-state index < -0.39 is 11.4 Å². The van der Waals surface area contributed by atoms with E-state index in [1.54, 1.807) is 21.0 Å². The Morgan fingerprint density at radius 3 is 2.56 bits per heavy atom. The number of hydrogen-bond acceptors (Lipinski definition) is 2. The summed E-state index contributed by atoms with van der Waals surface area (Å²) in [6.07, 6.45) is 1.17. The highest BCUT2D eigenvalue weighted by Gasteiger charge is 2.27. The van der Waals surface area contributed by atoms with Crippen LogP contribution in [0.4, 0.5) is 0 Å². The van der Waals surface area contributed by atoms with E-state index in [2.05, 4.69) is 0 Å². The zero-order chi connectivity index (χ0) is 13.9. The Kier molecular flexibility index (Phi) is 4.63. The van der Waals surface area contributed by atoms with E-state index in [1.165, 1.54) is 0 Å². The highest BCUT2D eigenvalue weighted by molar-refractivity contribution is 6.30. The minimum Gasteiger partial charge on any atom is -0.496 e. The molecule has 3 nitrogen and oxygen atoms in total. The van der Waals surface area contributed by atoms with Crippen LogP contribution in [-0.4, -0.2) is 18.2 Å². The molecule has 18 heavy (non-hydrogen) atoms. The van der Waals surface area contributed by atoms with Crippen molar-refractivity contribution in [2.45, 2.75) is 33.6 Å². The molecule has 0 aromatic heterocycles. The third-order valence-electron chi connectivity index (χ3n) is 3.12. The fourth-order valence-electron chi connectivity index (χ4n) is 1.83. The maximum Gasteiger partial charge on any atom is 0.309 e. The number of methoxy groups -OCH3 is 1. The minimum atomic E-state index is -0.791. The maximum atomic E-state index is 11.1. The van der Waals surface area contributed by atoms with Gasteiger partial charge in [-0.15, -0.1) is 0 Å². The van der Waals surface area contributed by atoms with Crippen molar-refractivity contribution in [3.8, 4) is 5.75 Å². The van der Waals surface area contributed by atoms with Gasteiger partial charge in [-0.3, -0.25) is 4.79 Å². The largest absolute Gasteiger partial charge is 0.496 e. The van der Waals surface area contributed by atoms with Crippen LogP contribution >= 0.6 is 11.6 Å². The van der Waals surface area contributed by atoms with E-state index >= 15 is 0 Å². The molecule has 0 saturated carbocycles. The lowest BCUT2D eigenvalue weighted by Gasteiger charge is -2.20. The van der Waals surface area contributed by atoms with Crippen LogP contribution in [0.3, 0.4) is 0 Å². The van der Waals surface area contributed by atoms with Crippen molar-refractivity contribution in [3.05, 3.63) is 28.3 Å². The monoisotopic (exact) mass is 270 g/mol. The molecule has 1 rings (SSSR count). The molecule has 0 aliphatic carbocycles. The summed E-state index contributed by atoms with van der Waals surface area (Å²) in [5, 5.41) is 9.75. The second-order valence-electron chi connectivity index (χ2n) is 5.10. The lowest BCUT2D eigenvalue weighted by atomic mass is 9.86. The molecule has 1 aromatic rings. The number of halogens is 1. The highest BCUT2D eigenvalue weighted by atomic mass is 35.5. The van der Waals surface area contributed by atoms with Gasteiger partial charge in [0.25, 0.3) is 0 Å². The fraction of sp³-hybridized carbons (Fsp3) is 0.500. The second kappa shape index (κ2) is 5.61. The molecule has 0 fully saturated rings. The van der Waals surface area contributed by atoms with Gasteiger partial charge in [-0.25, -0.2) is 0 Å². The summed E-state index contributed by atoms with van der Waals surface area (Å²) in [6, 6.07) is 3.68. The SMILES string of the molecule is COc1c(C)cc(Cl)cc1CCC(C)(C)C(=O)O. The van der Waals surface area contributed by atoms with Crippen LogP contribution in [-0.2, 0) is 11.2 Å². The first-order valence-corrected chi connectivity index (χ1v) is 6.22. The number of rotatable bonds is 5. The number of aryl methyl sites for hydroxylation is 2. The van der Waals surface area contributed by atoms with Crippen LogP contribution in [0.2, 0.25) is 5.02 Å². The average molecular weight is 271 g/mol. The number of carbonyl (C=O) groups is 1. The van der Waals surface area contributed by atoms with Crippen molar-refractivity contribution in [2.24, 2.45) is 5.41 Å². The summed E-state index contributed by atoms with van der Waals surface area (Å²) in [5.41, 5.74) is 1.17. The van der Waals surface area contributed by atoms with Crippen LogP contribution in [0, 0.1) is 12.3 Å². The Labute approximate surface area is 113 Å². The molecule has 0 heterocycles. The van der Waals surface area contributed by atoms with Gasteiger partial charge in [0, 0.05) is 5.02 Å². The van der Waals surface area contributed by atoms with Crippen molar-refractivity contribution >= 4 is 17.6 Å². The van der Waals surface area contributed by atoms with Gasteiger partial charge >= 0.3 is 5.97 Å². The first kappa shape index (κ1) is 14.8. The molecule has 0 spiro atoms. The Morgan fingerprint density at radius 2 is 2.06 bits per heavy atom. The molecule has 1 N–H and O–H groups in total. The number of aliphatic carboxylic acids is 1. The zero-order valence-corrected chi connectivity index (χ0v) is 12.0.